The zero-order valence-corrected chi connectivity index (χ0v) is 18.3. The lowest BCUT2D eigenvalue weighted by molar-refractivity contribution is -0.113. The summed E-state index contributed by atoms with van der Waals surface area (Å²) in [4.78, 5) is 18.3. The fourth-order valence-electron chi connectivity index (χ4n) is 4.22. The summed E-state index contributed by atoms with van der Waals surface area (Å²) in [6.07, 6.45) is 0. The van der Waals surface area contributed by atoms with E-state index in [0.29, 0.717) is 29.5 Å². The normalized spacial score (nSPS) is 15.2. The van der Waals surface area contributed by atoms with E-state index in [-0.39, 0.29) is 11.7 Å². The second-order valence-corrected chi connectivity index (χ2v) is 7.82. The maximum absolute atomic E-state index is 13.5. The van der Waals surface area contributed by atoms with Crippen molar-refractivity contribution in [3.05, 3.63) is 95.4 Å². The van der Waals surface area contributed by atoms with Gasteiger partial charge in [0.2, 0.25) is 5.95 Å². The molecule has 0 fully saturated rings. The Morgan fingerprint density at radius 3 is 2.55 bits per heavy atom. The second kappa shape index (κ2) is 8.43. The van der Waals surface area contributed by atoms with Crippen LogP contribution in [-0.2, 0) is 4.79 Å². The third kappa shape index (κ3) is 3.82. The Balaban J connectivity index is 1.62. The monoisotopic (exact) mass is 442 g/mol. The van der Waals surface area contributed by atoms with E-state index in [9.17, 15) is 9.18 Å². The molecule has 0 saturated carbocycles. The summed E-state index contributed by atoms with van der Waals surface area (Å²) in [5.41, 5.74) is 4.46. The van der Waals surface area contributed by atoms with Crippen molar-refractivity contribution in [3.63, 3.8) is 0 Å². The first-order valence-electron chi connectivity index (χ1n) is 10.8. The number of rotatable bonds is 5. The number of para-hydroxylation sites is 2. The van der Waals surface area contributed by atoms with E-state index in [1.54, 1.807) is 12.1 Å². The van der Waals surface area contributed by atoms with Gasteiger partial charge in [-0.25, -0.2) is 9.37 Å². The first-order valence-corrected chi connectivity index (χ1v) is 10.8. The molecule has 0 radical (unpaired) electrons. The molecule has 0 bridgehead atoms. The Labute approximate surface area is 190 Å². The van der Waals surface area contributed by atoms with Gasteiger partial charge in [0.25, 0.3) is 5.91 Å². The molecule has 0 saturated heterocycles. The van der Waals surface area contributed by atoms with Crippen LogP contribution in [0.4, 0.5) is 16.0 Å². The smallest absolute Gasteiger partial charge is 0.255 e. The van der Waals surface area contributed by atoms with Crippen LogP contribution in [0.1, 0.15) is 25.5 Å². The van der Waals surface area contributed by atoms with Gasteiger partial charge in [-0.2, -0.15) is 0 Å². The van der Waals surface area contributed by atoms with Crippen molar-refractivity contribution in [1.29, 1.82) is 0 Å². The Kier molecular flexibility index (Phi) is 5.30. The Hall–Kier alpha value is -4.13. The lowest BCUT2D eigenvalue weighted by Gasteiger charge is -2.30. The molecule has 0 spiro atoms. The molecule has 2 heterocycles. The van der Waals surface area contributed by atoms with E-state index in [1.807, 2.05) is 66.9 Å². The van der Waals surface area contributed by atoms with E-state index in [2.05, 4.69) is 10.6 Å². The number of anilines is 2. The molecule has 5 rings (SSSR count). The Morgan fingerprint density at radius 1 is 1.09 bits per heavy atom. The minimum atomic E-state index is -0.412. The van der Waals surface area contributed by atoms with Gasteiger partial charge < -0.3 is 15.4 Å². The summed E-state index contributed by atoms with van der Waals surface area (Å²) < 4.78 is 21.0. The molecule has 1 atom stereocenters. The number of halogens is 1. The molecule has 3 aromatic carbocycles. The number of aromatic nitrogens is 2. The highest BCUT2D eigenvalue weighted by atomic mass is 19.1. The molecule has 6 nitrogen and oxygen atoms in total. The summed E-state index contributed by atoms with van der Waals surface area (Å²) >= 11 is 0. The maximum Gasteiger partial charge on any atom is 0.255 e. The second-order valence-electron chi connectivity index (χ2n) is 7.82. The van der Waals surface area contributed by atoms with Crippen LogP contribution in [0.5, 0.6) is 5.75 Å². The zero-order valence-electron chi connectivity index (χ0n) is 18.3. The molecule has 4 aromatic rings. The van der Waals surface area contributed by atoms with Crippen LogP contribution in [0.2, 0.25) is 0 Å². The van der Waals surface area contributed by atoms with Crippen molar-refractivity contribution in [2.45, 2.75) is 19.9 Å². The minimum Gasteiger partial charge on any atom is -0.494 e. The minimum absolute atomic E-state index is 0.270. The van der Waals surface area contributed by atoms with Gasteiger partial charge in [0.15, 0.2) is 0 Å². The lowest BCUT2D eigenvalue weighted by atomic mass is 9.94. The standard InChI is InChI=1S/C26H23FN4O2/c1-3-33-20-14-8-17(9-15-20)24-23(25(32)29-19-12-10-18(27)11-13-19)16(2)28-26-30-21-6-4-5-7-22(21)31(24)26/h4-15,24H,3H2,1-2H3,(H,28,30)(H,29,32). The molecule has 1 aliphatic heterocycles. The molecule has 166 valence electrons. The van der Waals surface area contributed by atoms with Gasteiger partial charge >= 0.3 is 0 Å². The lowest BCUT2D eigenvalue weighted by Crippen LogP contribution is -2.30. The molecule has 2 N–H and O–H groups in total. The van der Waals surface area contributed by atoms with Gasteiger partial charge in [0.1, 0.15) is 11.6 Å². The number of fused-ring (bicyclic) bond motifs is 3. The average molecular weight is 442 g/mol. The van der Waals surface area contributed by atoms with E-state index in [4.69, 9.17) is 9.72 Å². The van der Waals surface area contributed by atoms with Crippen molar-refractivity contribution in [3.8, 4) is 5.75 Å². The largest absolute Gasteiger partial charge is 0.494 e. The molecule has 1 amide bonds. The third-order valence-electron chi connectivity index (χ3n) is 5.68. The van der Waals surface area contributed by atoms with Crippen LogP contribution in [0, 0.1) is 5.82 Å². The third-order valence-corrected chi connectivity index (χ3v) is 5.68. The van der Waals surface area contributed by atoms with Gasteiger partial charge in [-0.15, -0.1) is 0 Å². The quantitative estimate of drug-likeness (QED) is 0.428. The fourth-order valence-corrected chi connectivity index (χ4v) is 4.22. The van der Waals surface area contributed by atoms with Gasteiger partial charge in [-0.05, 0) is 67.9 Å². The van der Waals surface area contributed by atoms with E-state index < -0.39 is 6.04 Å². The predicted octanol–water partition coefficient (Wildman–Crippen LogP) is 5.50. The number of carbonyl (C=O) groups is 1. The number of carbonyl (C=O) groups excluding carboxylic acids is 1. The van der Waals surface area contributed by atoms with Gasteiger partial charge in [0, 0.05) is 11.4 Å². The highest BCUT2D eigenvalue weighted by molar-refractivity contribution is 6.06. The number of benzene rings is 3. The Bertz CT molecular complexity index is 1360. The molecule has 1 aromatic heterocycles. The number of nitrogens with one attached hydrogen (secondary N) is 2. The van der Waals surface area contributed by atoms with Crippen LogP contribution < -0.4 is 15.4 Å². The van der Waals surface area contributed by atoms with Crippen molar-refractivity contribution in [2.24, 2.45) is 0 Å². The van der Waals surface area contributed by atoms with Crippen LogP contribution in [-0.4, -0.2) is 22.1 Å². The number of ether oxygens (including phenoxy) is 1. The molecular weight excluding hydrogens is 419 g/mol. The average Bonchev–Trinajstić information content (AvgIpc) is 3.18. The first kappa shape index (κ1) is 20.8. The van der Waals surface area contributed by atoms with E-state index in [1.165, 1.54) is 12.1 Å². The van der Waals surface area contributed by atoms with Crippen LogP contribution in [0.3, 0.4) is 0 Å². The van der Waals surface area contributed by atoms with Crippen molar-refractivity contribution < 1.29 is 13.9 Å². The topological polar surface area (TPSA) is 68.2 Å². The highest BCUT2D eigenvalue weighted by Gasteiger charge is 2.34. The fraction of sp³-hybridized carbons (Fsp3) is 0.154. The summed E-state index contributed by atoms with van der Waals surface area (Å²) in [6, 6.07) is 20.9. The highest BCUT2D eigenvalue weighted by Crippen LogP contribution is 2.39. The number of allylic oxidation sites excluding steroid dienone is 1. The summed E-state index contributed by atoms with van der Waals surface area (Å²) in [7, 11) is 0. The van der Waals surface area contributed by atoms with Gasteiger partial charge in [0.05, 0.1) is 29.3 Å². The van der Waals surface area contributed by atoms with Crippen molar-refractivity contribution in [1.82, 2.24) is 9.55 Å². The molecule has 1 unspecified atom stereocenters. The summed E-state index contributed by atoms with van der Waals surface area (Å²) in [5, 5.41) is 6.20. The number of hydrogen-bond acceptors (Lipinski definition) is 4. The molecule has 33 heavy (non-hydrogen) atoms. The molecular formula is C26H23FN4O2. The number of amides is 1. The summed E-state index contributed by atoms with van der Waals surface area (Å²) in [5.74, 6) is 0.813. The molecule has 0 aliphatic carbocycles. The number of hydrogen-bond donors (Lipinski definition) is 2. The number of nitrogens with zero attached hydrogens (tertiary/aromatic N) is 2. The zero-order chi connectivity index (χ0) is 22.9. The predicted molar refractivity (Wildman–Crippen MR) is 127 cm³/mol. The molecule has 7 heteroatoms. The van der Waals surface area contributed by atoms with E-state index >= 15 is 0 Å². The van der Waals surface area contributed by atoms with Crippen molar-refractivity contribution >= 4 is 28.6 Å². The SMILES string of the molecule is CCOc1ccc(C2C(C(=O)Nc3ccc(F)cc3)=C(C)Nc3nc4ccccc4n32)cc1. The molecule has 1 aliphatic rings. The van der Waals surface area contributed by atoms with E-state index in [0.717, 1.165) is 22.3 Å². The van der Waals surface area contributed by atoms with Crippen LogP contribution >= 0.6 is 0 Å². The van der Waals surface area contributed by atoms with Crippen LogP contribution in [0.15, 0.2) is 84.1 Å². The Morgan fingerprint density at radius 2 is 1.82 bits per heavy atom. The van der Waals surface area contributed by atoms with Gasteiger partial charge in [-0.1, -0.05) is 24.3 Å². The van der Waals surface area contributed by atoms with Crippen LogP contribution in [0.25, 0.3) is 11.0 Å². The van der Waals surface area contributed by atoms with Crippen molar-refractivity contribution in [2.75, 3.05) is 17.2 Å². The van der Waals surface area contributed by atoms with Gasteiger partial charge in [-0.3, -0.25) is 9.36 Å². The summed E-state index contributed by atoms with van der Waals surface area (Å²) in [6.45, 7) is 4.38. The number of imidazole rings is 1. The first-order chi connectivity index (χ1) is 16.0. The maximum atomic E-state index is 13.5.